The van der Waals surface area contributed by atoms with Crippen LogP contribution < -0.4 is 0 Å². The van der Waals surface area contributed by atoms with Gasteiger partial charge < -0.3 is 14.3 Å². The number of carbonyl (C=O) groups excluding carboxylic acids is 1. The van der Waals surface area contributed by atoms with Crippen molar-refractivity contribution in [2.24, 2.45) is 0 Å². The van der Waals surface area contributed by atoms with Crippen LogP contribution in [-0.2, 0) is 14.3 Å². The van der Waals surface area contributed by atoms with Crippen LogP contribution >= 0.6 is 0 Å². The molecule has 0 amide bonds. The molecule has 1 aliphatic rings. The largest absolute Gasteiger partial charge is 0.376 e. The van der Waals surface area contributed by atoms with Crippen LogP contribution in [0.1, 0.15) is 19.8 Å². The van der Waals surface area contributed by atoms with E-state index < -0.39 is 0 Å². The van der Waals surface area contributed by atoms with E-state index in [2.05, 4.69) is 0 Å². The summed E-state index contributed by atoms with van der Waals surface area (Å²) in [5.41, 5.74) is 0. The van der Waals surface area contributed by atoms with Crippen molar-refractivity contribution in [1.82, 2.24) is 0 Å². The zero-order valence-corrected chi connectivity index (χ0v) is 6.84. The number of hydrogen-bond acceptors (Lipinski definition) is 3. The van der Waals surface area contributed by atoms with Crippen LogP contribution in [0.2, 0.25) is 0 Å². The van der Waals surface area contributed by atoms with Gasteiger partial charge in [-0.25, -0.2) is 0 Å². The Kier molecular flexibility index (Phi) is 3.52. The van der Waals surface area contributed by atoms with E-state index in [4.69, 9.17) is 9.47 Å². The van der Waals surface area contributed by atoms with Crippen LogP contribution in [0.4, 0.5) is 0 Å². The maximum absolute atomic E-state index is 10.6. The summed E-state index contributed by atoms with van der Waals surface area (Å²) >= 11 is 0. The topological polar surface area (TPSA) is 35.5 Å². The van der Waals surface area contributed by atoms with Crippen molar-refractivity contribution in [3.8, 4) is 0 Å². The third kappa shape index (κ3) is 3.49. The van der Waals surface area contributed by atoms with E-state index in [1.54, 1.807) is 6.92 Å². The number of Topliss-reactive ketones (excluding diaryl/α,β-unsaturated/α-hetero) is 1. The molecule has 0 aromatic rings. The van der Waals surface area contributed by atoms with Crippen molar-refractivity contribution < 1.29 is 14.3 Å². The summed E-state index contributed by atoms with van der Waals surface area (Å²) in [6, 6.07) is 0. The third-order valence-electron chi connectivity index (χ3n) is 1.70. The molecule has 0 spiro atoms. The van der Waals surface area contributed by atoms with E-state index in [9.17, 15) is 4.79 Å². The van der Waals surface area contributed by atoms with Gasteiger partial charge in [-0.05, 0) is 13.3 Å². The highest BCUT2D eigenvalue weighted by atomic mass is 16.6. The normalized spacial score (nSPS) is 25.0. The van der Waals surface area contributed by atoms with E-state index in [1.807, 2.05) is 0 Å². The van der Waals surface area contributed by atoms with Crippen molar-refractivity contribution in [2.75, 3.05) is 19.8 Å². The minimum atomic E-state index is 0.146. The summed E-state index contributed by atoms with van der Waals surface area (Å²) in [5, 5.41) is 0. The summed E-state index contributed by atoms with van der Waals surface area (Å²) in [5.74, 6) is 0.221. The van der Waals surface area contributed by atoms with E-state index in [-0.39, 0.29) is 11.9 Å². The molecular formula is C8H14O3. The molecule has 64 valence electrons. The molecule has 1 rings (SSSR count). The molecule has 3 nitrogen and oxygen atoms in total. The highest BCUT2D eigenvalue weighted by molar-refractivity contribution is 5.75. The van der Waals surface area contributed by atoms with Gasteiger partial charge in [-0.1, -0.05) is 0 Å². The minimum Gasteiger partial charge on any atom is -0.376 e. The fraction of sp³-hybridized carbons (Fsp3) is 0.875. The number of ether oxygens (including phenoxy) is 2. The van der Waals surface area contributed by atoms with Gasteiger partial charge >= 0.3 is 0 Å². The Balaban J connectivity index is 2.09. The lowest BCUT2D eigenvalue weighted by Gasteiger charge is -2.22. The van der Waals surface area contributed by atoms with Gasteiger partial charge in [-0.2, -0.15) is 0 Å². The summed E-state index contributed by atoms with van der Waals surface area (Å²) in [6.45, 7) is 3.61. The first-order valence-electron chi connectivity index (χ1n) is 3.98. The second kappa shape index (κ2) is 4.46. The predicted molar refractivity (Wildman–Crippen MR) is 40.5 cm³/mol. The first-order chi connectivity index (χ1) is 5.29. The fourth-order valence-electron chi connectivity index (χ4n) is 1.07. The van der Waals surface area contributed by atoms with Crippen LogP contribution in [0.3, 0.4) is 0 Å². The molecule has 11 heavy (non-hydrogen) atoms. The number of ketones is 1. The van der Waals surface area contributed by atoms with Crippen LogP contribution in [0.25, 0.3) is 0 Å². The van der Waals surface area contributed by atoms with Gasteiger partial charge in [0, 0.05) is 6.42 Å². The second-order valence-corrected chi connectivity index (χ2v) is 2.81. The average molecular weight is 158 g/mol. The number of rotatable bonds is 3. The Morgan fingerprint density at radius 1 is 1.55 bits per heavy atom. The van der Waals surface area contributed by atoms with Crippen molar-refractivity contribution >= 4 is 5.78 Å². The SMILES string of the molecule is CC(=O)CCC1COCCO1. The molecule has 3 heteroatoms. The van der Waals surface area contributed by atoms with Crippen LogP contribution in [0, 0.1) is 0 Å². The quantitative estimate of drug-likeness (QED) is 0.608. The Morgan fingerprint density at radius 2 is 2.36 bits per heavy atom. The zero-order valence-electron chi connectivity index (χ0n) is 6.84. The van der Waals surface area contributed by atoms with Crippen molar-refractivity contribution in [3.63, 3.8) is 0 Å². The summed E-state index contributed by atoms with van der Waals surface area (Å²) in [4.78, 5) is 10.6. The molecule has 1 fully saturated rings. The maximum atomic E-state index is 10.6. The molecule has 1 atom stereocenters. The van der Waals surface area contributed by atoms with Crippen LogP contribution in [0.5, 0.6) is 0 Å². The van der Waals surface area contributed by atoms with Crippen molar-refractivity contribution in [3.05, 3.63) is 0 Å². The van der Waals surface area contributed by atoms with Gasteiger partial charge in [0.25, 0.3) is 0 Å². The average Bonchev–Trinajstić information content (AvgIpc) is 2.03. The van der Waals surface area contributed by atoms with E-state index in [0.29, 0.717) is 26.2 Å². The zero-order chi connectivity index (χ0) is 8.10. The van der Waals surface area contributed by atoms with Crippen LogP contribution in [0.15, 0.2) is 0 Å². The van der Waals surface area contributed by atoms with Gasteiger partial charge in [-0.15, -0.1) is 0 Å². The Hall–Kier alpha value is -0.410. The van der Waals surface area contributed by atoms with Gasteiger partial charge in [0.2, 0.25) is 0 Å². The Bertz CT molecular complexity index is 127. The molecule has 0 aromatic carbocycles. The van der Waals surface area contributed by atoms with Crippen LogP contribution in [-0.4, -0.2) is 31.7 Å². The molecule has 0 bridgehead atoms. The van der Waals surface area contributed by atoms with Gasteiger partial charge in [0.1, 0.15) is 5.78 Å². The lowest BCUT2D eigenvalue weighted by atomic mass is 10.1. The maximum Gasteiger partial charge on any atom is 0.129 e. The minimum absolute atomic E-state index is 0.146. The molecule has 0 saturated carbocycles. The molecule has 1 unspecified atom stereocenters. The van der Waals surface area contributed by atoms with E-state index in [0.717, 1.165) is 6.42 Å². The van der Waals surface area contributed by atoms with Crippen molar-refractivity contribution in [2.45, 2.75) is 25.9 Å². The number of hydrogen-bond donors (Lipinski definition) is 0. The molecule has 1 aliphatic heterocycles. The smallest absolute Gasteiger partial charge is 0.129 e. The molecule has 0 N–H and O–H groups in total. The highest BCUT2D eigenvalue weighted by Crippen LogP contribution is 2.07. The molecule has 1 heterocycles. The van der Waals surface area contributed by atoms with E-state index >= 15 is 0 Å². The standard InChI is InChI=1S/C8H14O3/c1-7(9)2-3-8-6-10-4-5-11-8/h8H,2-6H2,1H3. The molecule has 0 radical (unpaired) electrons. The summed E-state index contributed by atoms with van der Waals surface area (Å²) < 4.78 is 10.5. The summed E-state index contributed by atoms with van der Waals surface area (Å²) in [7, 11) is 0. The molecular weight excluding hydrogens is 144 g/mol. The lowest BCUT2D eigenvalue weighted by molar-refractivity contribution is -0.120. The molecule has 1 saturated heterocycles. The Labute approximate surface area is 66.7 Å². The highest BCUT2D eigenvalue weighted by Gasteiger charge is 2.14. The predicted octanol–water partition coefficient (Wildman–Crippen LogP) is 0.771. The Morgan fingerprint density at radius 3 is 2.91 bits per heavy atom. The fourth-order valence-corrected chi connectivity index (χ4v) is 1.07. The lowest BCUT2D eigenvalue weighted by Crippen LogP contribution is -2.28. The van der Waals surface area contributed by atoms with Gasteiger partial charge in [-0.3, -0.25) is 0 Å². The summed E-state index contributed by atoms with van der Waals surface area (Å²) in [6.07, 6.45) is 1.55. The van der Waals surface area contributed by atoms with Gasteiger partial charge in [0.15, 0.2) is 0 Å². The number of carbonyl (C=O) groups is 1. The third-order valence-corrected chi connectivity index (χ3v) is 1.70. The first-order valence-corrected chi connectivity index (χ1v) is 3.98. The monoisotopic (exact) mass is 158 g/mol. The molecule has 0 aliphatic carbocycles. The van der Waals surface area contributed by atoms with Gasteiger partial charge in [0.05, 0.1) is 25.9 Å². The second-order valence-electron chi connectivity index (χ2n) is 2.81. The molecule has 0 aromatic heterocycles. The van der Waals surface area contributed by atoms with E-state index in [1.165, 1.54) is 0 Å². The first kappa shape index (κ1) is 8.68. The van der Waals surface area contributed by atoms with Crippen molar-refractivity contribution in [1.29, 1.82) is 0 Å².